The maximum atomic E-state index is 13.8. The number of halogens is 1. The van der Waals surface area contributed by atoms with Crippen molar-refractivity contribution in [3.05, 3.63) is 40.2 Å². The average molecular weight is 303 g/mol. The Labute approximate surface area is 123 Å². The number of aryl methyl sites for hydroxylation is 1. The van der Waals surface area contributed by atoms with E-state index in [0.29, 0.717) is 23.7 Å². The zero-order valence-corrected chi connectivity index (χ0v) is 11.6. The van der Waals surface area contributed by atoms with E-state index in [1.807, 2.05) is 6.07 Å². The summed E-state index contributed by atoms with van der Waals surface area (Å²) in [7, 11) is 0. The molecule has 1 aromatic heterocycles. The van der Waals surface area contributed by atoms with E-state index in [4.69, 9.17) is 10.4 Å². The summed E-state index contributed by atoms with van der Waals surface area (Å²) in [5, 5.41) is 21.1. The number of aromatic nitrogens is 1. The van der Waals surface area contributed by atoms with E-state index in [9.17, 15) is 9.18 Å². The van der Waals surface area contributed by atoms with Crippen LogP contribution in [0.25, 0.3) is 0 Å². The Hall–Kier alpha value is -2.46. The lowest BCUT2D eigenvalue weighted by molar-refractivity contribution is -0.138. The first-order valence-electron chi connectivity index (χ1n) is 6.27. The van der Waals surface area contributed by atoms with Crippen molar-refractivity contribution >= 4 is 28.1 Å². The second-order valence-corrected chi connectivity index (χ2v) is 5.77. The molecule has 5 nitrogen and oxygen atoms in total. The van der Waals surface area contributed by atoms with Crippen LogP contribution in [0.4, 0.5) is 15.2 Å². The highest BCUT2D eigenvalue weighted by Gasteiger charge is 2.32. The molecule has 0 saturated heterocycles. The molecule has 0 aliphatic heterocycles. The maximum absolute atomic E-state index is 13.8. The first-order chi connectivity index (χ1) is 10.1. The van der Waals surface area contributed by atoms with Crippen LogP contribution in [0.15, 0.2) is 18.2 Å². The summed E-state index contributed by atoms with van der Waals surface area (Å²) in [6, 6.07) is 5.98. The van der Waals surface area contributed by atoms with Gasteiger partial charge in [-0.25, -0.2) is 9.37 Å². The van der Waals surface area contributed by atoms with Crippen LogP contribution in [-0.4, -0.2) is 16.1 Å². The van der Waals surface area contributed by atoms with Crippen molar-refractivity contribution in [3.63, 3.8) is 0 Å². The van der Waals surface area contributed by atoms with Gasteiger partial charge in [0.1, 0.15) is 11.7 Å². The molecule has 0 spiro atoms. The number of rotatable bonds is 3. The number of benzene rings is 1. The van der Waals surface area contributed by atoms with Crippen molar-refractivity contribution in [2.24, 2.45) is 0 Å². The number of nitrogens with one attached hydrogen (secondary N) is 1. The summed E-state index contributed by atoms with van der Waals surface area (Å²) in [5.41, 5.74) is 1.03. The first-order valence-corrected chi connectivity index (χ1v) is 7.09. The van der Waals surface area contributed by atoms with Gasteiger partial charge >= 0.3 is 5.97 Å². The number of nitriles is 1. The van der Waals surface area contributed by atoms with Crippen molar-refractivity contribution in [1.29, 1.82) is 5.26 Å². The topological polar surface area (TPSA) is 86.0 Å². The molecule has 106 valence electrons. The Kier molecular flexibility index (Phi) is 3.31. The smallest absolute Gasteiger partial charge is 0.312 e. The van der Waals surface area contributed by atoms with Crippen molar-refractivity contribution in [1.82, 2.24) is 4.98 Å². The maximum Gasteiger partial charge on any atom is 0.312 e. The molecule has 1 aliphatic carbocycles. The van der Waals surface area contributed by atoms with Gasteiger partial charge in [-0.2, -0.15) is 5.26 Å². The van der Waals surface area contributed by atoms with E-state index in [2.05, 4.69) is 10.3 Å². The van der Waals surface area contributed by atoms with Gasteiger partial charge in [0, 0.05) is 4.88 Å². The molecule has 0 saturated carbocycles. The highest BCUT2D eigenvalue weighted by Crippen LogP contribution is 2.39. The van der Waals surface area contributed by atoms with Crippen molar-refractivity contribution < 1.29 is 14.3 Å². The van der Waals surface area contributed by atoms with Gasteiger partial charge < -0.3 is 10.4 Å². The lowest BCUT2D eigenvalue weighted by Crippen LogP contribution is -2.08. The van der Waals surface area contributed by atoms with Gasteiger partial charge in [0.05, 0.1) is 23.0 Å². The summed E-state index contributed by atoms with van der Waals surface area (Å²) < 4.78 is 13.8. The fraction of sp³-hybridized carbons (Fsp3) is 0.214. The molecular weight excluding hydrogens is 293 g/mol. The molecule has 0 bridgehead atoms. The molecule has 2 N–H and O–H groups in total. The van der Waals surface area contributed by atoms with Gasteiger partial charge in [-0.3, -0.25) is 4.79 Å². The molecule has 0 radical (unpaired) electrons. The Morgan fingerprint density at radius 2 is 2.38 bits per heavy atom. The van der Waals surface area contributed by atoms with Gasteiger partial charge in [-0.1, -0.05) is 0 Å². The van der Waals surface area contributed by atoms with Crippen LogP contribution in [0.1, 0.15) is 28.5 Å². The summed E-state index contributed by atoms with van der Waals surface area (Å²) in [6.45, 7) is 0. The van der Waals surface area contributed by atoms with Crippen molar-refractivity contribution in [2.45, 2.75) is 18.8 Å². The highest BCUT2D eigenvalue weighted by atomic mass is 32.1. The highest BCUT2D eigenvalue weighted by molar-refractivity contribution is 7.15. The lowest BCUT2D eigenvalue weighted by Gasteiger charge is -2.05. The van der Waals surface area contributed by atoms with Gasteiger partial charge in [-0.15, -0.1) is 11.3 Å². The minimum Gasteiger partial charge on any atom is -0.481 e. The first kappa shape index (κ1) is 13.5. The Morgan fingerprint density at radius 1 is 1.57 bits per heavy atom. The van der Waals surface area contributed by atoms with Crippen LogP contribution < -0.4 is 5.32 Å². The Bertz CT molecular complexity index is 766. The standard InChI is InChI=1S/C14H10FN3O2S/c15-9-5-7(6-16)1-3-10(9)17-14-18-12-8(13(19)20)2-4-11(12)21-14/h1,3,5,8H,2,4H2,(H,17,18)(H,19,20). The number of anilines is 2. The summed E-state index contributed by atoms with van der Waals surface area (Å²) in [6.07, 6.45) is 1.25. The monoisotopic (exact) mass is 303 g/mol. The molecule has 21 heavy (non-hydrogen) atoms. The molecule has 0 fully saturated rings. The molecule has 1 aliphatic rings. The van der Waals surface area contributed by atoms with E-state index >= 15 is 0 Å². The minimum atomic E-state index is -0.879. The molecule has 1 aromatic carbocycles. The second kappa shape index (κ2) is 5.14. The number of carboxylic acids is 1. The van der Waals surface area contributed by atoms with Crippen molar-refractivity contribution in [3.8, 4) is 6.07 Å². The predicted octanol–water partition coefficient (Wildman–Crippen LogP) is 3.01. The van der Waals surface area contributed by atoms with Gasteiger partial charge in [0.25, 0.3) is 0 Å². The molecule has 7 heteroatoms. The third-order valence-electron chi connectivity index (χ3n) is 3.36. The average Bonchev–Trinajstić information content (AvgIpc) is 3.00. The summed E-state index contributed by atoms with van der Waals surface area (Å²) >= 11 is 1.34. The molecular formula is C14H10FN3O2S. The van der Waals surface area contributed by atoms with E-state index in [1.54, 1.807) is 0 Å². The number of hydrogen-bond donors (Lipinski definition) is 2. The van der Waals surface area contributed by atoms with Crippen LogP contribution in [0, 0.1) is 17.1 Å². The van der Waals surface area contributed by atoms with Crippen molar-refractivity contribution in [2.75, 3.05) is 5.32 Å². The number of carbonyl (C=O) groups is 1. The lowest BCUT2D eigenvalue weighted by atomic mass is 10.1. The van der Waals surface area contributed by atoms with Crippen LogP contribution in [0.3, 0.4) is 0 Å². The molecule has 0 amide bonds. The predicted molar refractivity (Wildman–Crippen MR) is 75.2 cm³/mol. The van der Waals surface area contributed by atoms with E-state index in [1.165, 1.54) is 23.5 Å². The number of hydrogen-bond acceptors (Lipinski definition) is 5. The van der Waals surface area contributed by atoms with Crippen LogP contribution in [0.2, 0.25) is 0 Å². The normalized spacial score (nSPS) is 16.3. The van der Waals surface area contributed by atoms with Gasteiger partial charge in [-0.05, 0) is 31.0 Å². The van der Waals surface area contributed by atoms with E-state index < -0.39 is 17.7 Å². The molecule has 1 unspecified atom stereocenters. The molecule has 1 heterocycles. The van der Waals surface area contributed by atoms with Crippen LogP contribution >= 0.6 is 11.3 Å². The quantitative estimate of drug-likeness (QED) is 0.910. The zero-order chi connectivity index (χ0) is 15.0. The number of thiazole rings is 1. The number of fused-ring (bicyclic) bond motifs is 1. The Morgan fingerprint density at radius 3 is 3.05 bits per heavy atom. The van der Waals surface area contributed by atoms with Gasteiger partial charge in [0.2, 0.25) is 0 Å². The molecule has 2 aromatic rings. The Balaban J connectivity index is 1.86. The van der Waals surface area contributed by atoms with Crippen LogP contribution in [0.5, 0.6) is 0 Å². The second-order valence-electron chi connectivity index (χ2n) is 4.69. The SMILES string of the molecule is N#Cc1ccc(Nc2nc3c(s2)CCC3C(=O)O)c(F)c1. The largest absolute Gasteiger partial charge is 0.481 e. The number of nitrogens with zero attached hydrogens (tertiary/aromatic N) is 2. The third kappa shape index (κ3) is 2.45. The zero-order valence-electron chi connectivity index (χ0n) is 10.8. The van der Waals surface area contributed by atoms with E-state index in [-0.39, 0.29) is 11.3 Å². The fourth-order valence-electron chi connectivity index (χ4n) is 2.32. The molecule has 3 rings (SSSR count). The third-order valence-corrected chi connectivity index (χ3v) is 4.40. The van der Waals surface area contributed by atoms with Gasteiger partial charge in [0.15, 0.2) is 5.13 Å². The summed E-state index contributed by atoms with van der Waals surface area (Å²) in [5.74, 6) is -1.99. The molecule has 1 atom stereocenters. The van der Waals surface area contributed by atoms with E-state index in [0.717, 1.165) is 10.9 Å². The minimum absolute atomic E-state index is 0.216. The van der Waals surface area contributed by atoms with Crippen LogP contribution in [-0.2, 0) is 11.2 Å². The summed E-state index contributed by atoms with van der Waals surface area (Å²) in [4.78, 5) is 16.3. The fourth-order valence-corrected chi connectivity index (χ4v) is 3.37. The number of aliphatic carboxylic acids is 1. The number of carboxylic acid groups (broad SMARTS) is 1.